The first-order chi connectivity index (χ1) is 12.5. The van der Waals surface area contributed by atoms with Crippen molar-refractivity contribution >= 4 is 15.9 Å². The molecule has 26 heavy (non-hydrogen) atoms. The van der Waals surface area contributed by atoms with Crippen LogP contribution in [0.3, 0.4) is 0 Å². The summed E-state index contributed by atoms with van der Waals surface area (Å²) < 4.78 is 30.8. The highest BCUT2D eigenvalue weighted by Crippen LogP contribution is 2.24. The van der Waals surface area contributed by atoms with Gasteiger partial charge in [-0.2, -0.15) is 0 Å². The van der Waals surface area contributed by atoms with Gasteiger partial charge in [0.1, 0.15) is 0 Å². The number of ether oxygens (including phenoxy) is 1. The standard InChI is InChI=1S/C19H30N2O4S/c1-3-14-26(23,24)21-11-8-17(9-12-21)15-16-4-6-18(7-5-16)19(22)20-10-13-25-2/h4-7,17H,3,8-15H2,1-2H3,(H,20,22). The molecule has 0 bridgehead atoms. The van der Waals surface area contributed by atoms with E-state index in [4.69, 9.17) is 4.74 Å². The molecule has 0 unspecified atom stereocenters. The zero-order chi connectivity index (χ0) is 19.0. The van der Waals surface area contributed by atoms with Crippen LogP contribution in [0.15, 0.2) is 24.3 Å². The van der Waals surface area contributed by atoms with Crippen LogP contribution in [-0.4, -0.2) is 57.7 Å². The molecule has 1 heterocycles. The highest BCUT2D eigenvalue weighted by molar-refractivity contribution is 7.89. The predicted octanol–water partition coefficient (Wildman–Crippen LogP) is 2.06. The van der Waals surface area contributed by atoms with Crippen LogP contribution in [0.2, 0.25) is 0 Å². The molecule has 0 aliphatic carbocycles. The number of hydrogen-bond donors (Lipinski definition) is 1. The Bertz CT molecular complexity index is 665. The molecule has 0 spiro atoms. The summed E-state index contributed by atoms with van der Waals surface area (Å²) in [6, 6.07) is 7.67. The Labute approximate surface area is 157 Å². The van der Waals surface area contributed by atoms with Crippen LogP contribution < -0.4 is 5.32 Å². The van der Waals surface area contributed by atoms with E-state index in [9.17, 15) is 13.2 Å². The third kappa shape index (κ3) is 6.07. The van der Waals surface area contributed by atoms with E-state index in [2.05, 4.69) is 5.32 Å². The number of carbonyl (C=O) groups excluding carboxylic acids is 1. The molecule has 1 N–H and O–H groups in total. The van der Waals surface area contributed by atoms with Crippen molar-refractivity contribution in [1.82, 2.24) is 9.62 Å². The lowest BCUT2D eigenvalue weighted by atomic mass is 9.91. The number of nitrogens with zero attached hydrogens (tertiary/aromatic N) is 1. The second kappa shape index (κ2) is 10.0. The largest absolute Gasteiger partial charge is 0.383 e. The number of methoxy groups -OCH3 is 1. The molecule has 1 saturated heterocycles. The van der Waals surface area contributed by atoms with Gasteiger partial charge in [0.25, 0.3) is 5.91 Å². The van der Waals surface area contributed by atoms with E-state index in [0.717, 1.165) is 19.3 Å². The molecular formula is C19H30N2O4S. The number of benzene rings is 1. The minimum Gasteiger partial charge on any atom is -0.383 e. The van der Waals surface area contributed by atoms with Gasteiger partial charge >= 0.3 is 0 Å². The molecule has 1 aliphatic heterocycles. The molecule has 2 rings (SSSR count). The summed E-state index contributed by atoms with van der Waals surface area (Å²) >= 11 is 0. The van der Waals surface area contributed by atoms with Crippen molar-refractivity contribution in [3.63, 3.8) is 0 Å². The van der Waals surface area contributed by atoms with Gasteiger partial charge in [0, 0.05) is 32.3 Å². The molecule has 0 radical (unpaired) electrons. The third-order valence-corrected chi connectivity index (χ3v) is 6.84. The maximum Gasteiger partial charge on any atom is 0.251 e. The number of sulfonamides is 1. The average Bonchev–Trinajstić information content (AvgIpc) is 2.63. The molecule has 1 aliphatic rings. The first kappa shape index (κ1) is 20.9. The van der Waals surface area contributed by atoms with E-state index in [0.29, 0.717) is 44.1 Å². The van der Waals surface area contributed by atoms with E-state index in [-0.39, 0.29) is 11.7 Å². The number of amides is 1. The molecule has 7 heteroatoms. The highest BCUT2D eigenvalue weighted by Gasteiger charge is 2.27. The molecule has 146 valence electrons. The Morgan fingerprint density at radius 2 is 1.88 bits per heavy atom. The summed E-state index contributed by atoms with van der Waals surface area (Å²) in [6.45, 7) is 4.12. The van der Waals surface area contributed by atoms with Crippen LogP contribution in [0.1, 0.15) is 42.1 Å². The van der Waals surface area contributed by atoms with Gasteiger partial charge in [-0.3, -0.25) is 4.79 Å². The fourth-order valence-electron chi connectivity index (χ4n) is 3.27. The molecule has 1 fully saturated rings. The van der Waals surface area contributed by atoms with Crippen LogP contribution in [-0.2, 0) is 21.2 Å². The summed E-state index contributed by atoms with van der Waals surface area (Å²) in [7, 11) is -1.47. The van der Waals surface area contributed by atoms with Crippen LogP contribution in [0, 0.1) is 5.92 Å². The second-order valence-corrected chi connectivity index (χ2v) is 8.90. The van der Waals surface area contributed by atoms with Crippen molar-refractivity contribution in [2.45, 2.75) is 32.6 Å². The number of carbonyl (C=O) groups is 1. The average molecular weight is 383 g/mol. The molecule has 0 aromatic heterocycles. The summed E-state index contributed by atoms with van der Waals surface area (Å²) in [5.74, 6) is 0.637. The maximum atomic E-state index is 12.1. The van der Waals surface area contributed by atoms with Crippen LogP contribution in [0.4, 0.5) is 0 Å². The van der Waals surface area contributed by atoms with Gasteiger partial charge in [-0.15, -0.1) is 0 Å². The number of nitrogens with one attached hydrogen (secondary N) is 1. The zero-order valence-electron chi connectivity index (χ0n) is 15.7. The van der Waals surface area contributed by atoms with Crippen LogP contribution in [0.25, 0.3) is 0 Å². The van der Waals surface area contributed by atoms with Gasteiger partial charge in [0.2, 0.25) is 10.0 Å². The highest BCUT2D eigenvalue weighted by atomic mass is 32.2. The lowest BCUT2D eigenvalue weighted by Gasteiger charge is -2.31. The van der Waals surface area contributed by atoms with Crippen molar-refractivity contribution in [3.8, 4) is 0 Å². The molecule has 1 amide bonds. The lowest BCUT2D eigenvalue weighted by Crippen LogP contribution is -2.40. The Balaban J connectivity index is 1.82. The van der Waals surface area contributed by atoms with Crippen molar-refractivity contribution in [2.24, 2.45) is 5.92 Å². The minimum atomic E-state index is -3.07. The lowest BCUT2D eigenvalue weighted by molar-refractivity contribution is 0.0937. The Morgan fingerprint density at radius 3 is 2.46 bits per heavy atom. The molecular weight excluding hydrogens is 352 g/mol. The molecule has 0 atom stereocenters. The predicted molar refractivity (Wildman–Crippen MR) is 103 cm³/mol. The van der Waals surface area contributed by atoms with E-state index in [1.165, 1.54) is 5.56 Å². The van der Waals surface area contributed by atoms with Crippen LogP contribution >= 0.6 is 0 Å². The summed E-state index contributed by atoms with van der Waals surface area (Å²) in [4.78, 5) is 12.0. The third-order valence-electron chi connectivity index (χ3n) is 4.76. The van der Waals surface area contributed by atoms with Gasteiger partial charge in [0.15, 0.2) is 0 Å². The van der Waals surface area contributed by atoms with Gasteiger partial charge in [0.05, 0.1) is 12.4 Å². The Hall–Kier alpha value is -1.44. The quantitative estimate of drug-likeness (QED) is 0.663. The summed E-state index contributed by atoms with van der Waals surface area (Å²) in [6.07, 6.45) is 3.37. The zero-order valence-corrected chi connectivity index (χ0v) is 16.6. The molecule has 1 aromatic carbocycles. The van der Waals surface area contributed by atoms with Gasteiger partial charge < -0.3 is 10.1 Å². The van der Waals surface area contributed by atoms with Crippen molar-refractivity contribution in [3.05, 3.63) is 35.4 Å². The van der Waals surface area contributed by atoms with Gasteiger partial charge in [-0.1, -0.05) is 19.1 Å². The Morgan fingerprint density at radius 1 is 1.23 bits per heavy atom. The second-order valence-electron chi connectivity index (χ2n) is 6.81. The minimum absolute atomic E-state index is 0.0944. The molecule has 6 nitrogen and oxygen atoms in total. The van der Waals surface area contributed by atoms with Crippen molar-refractivity contribution in [1.29, 1.82) is 0 Å². The summed E-state index contributed by atoms with van der Waals surface area (Å²) in [5.41, 5.74) is 1.83. The fourth-order valence-corrected chi connectivity index (χ4v) is 4.81. The fraction of sp³-hybridized carbons (Fsp3) is 0.632. The van der Waals surface area contributed by atoms with E-state index < -0.39 is 10.0 Å². The Kier molecular flexibility index (Phi) is 8.06. The van der Waals surface area contributed by atoms with Gasteiger partial charge in [-0.25, -0.2) is 12.7 Å². The van der Waals surface area contributed by atoms with E-state index in [1.807, 2.05) is 31.2 Å². The monoisotopic (exact) mass is 382 g/mol. The number of hydrogen-bond acceptors (Lipinski definition) is 4. The van der Waals surface area contributed by atoms with Crippen LogP contribution in [0.5, 0.6) is 0 Å². The number of rotatable bonds is 9. The van der Waals surface area contributed by atoms with Crippen molar-refractivity contribution < 1.29 is 17.9 Å². The smallest absolute Gasteiger partial charge is 0.251 e. The number of piperidine rings is 1. The molecule has 0 saturated carbocycles. The normalized spacial score (nSPS) is 16.5. The van der Waals surface area contributed by atoms with E-state index >= 15 is 0 Å². The summed E-state index contributed by atoms with van der Waals surface area (Å²) in [5, 5.41) is 2.80. The topological polar surface area (TPSA) is 75.7 Å². The maximum absolute atomic E-state index is 12.1. The first-order valence-corrected chi connectivity index (χ1v) is 10.9. The first-order valence-electron chi connectivity index (χ1n) is 9.30. The SMILES string of the molecule is CCCS(=O)(=O)N1CCC(Cc2ccc(C(=O)NCCOC)cc2)CC1. The van der Waals surface area contributed by atoms with Crippen molar-refractivity contribution in [2.75, 3.05) is 39.1 Å². The van der Waals surface area contributed by atoms with Gasteiger partial charge in [-0.05, 0) is 49.3 Å². The van der Waals surface area contributed by atoms with E-state index in [1.54, 1.807) is 11.4 Å². The molecule has 1 aromatic rings.